The lowest BCUT2D eigenvalue weighted by molar-refractivity contribution is -0.144. The third-order valence-corrected chi connectivity index (χ3v) is 6.45. The number of rotatable bonds is 5. The molecule has 0 aliphatic rings. The molecule has 18 heteroatoms. The maximum Gasteiger partial charge on any atom is 0.569 e. The minimum atomic E-state index is -4.94. The zero-order valence-electron chi connectivity index (χ0n) is 24.0. The van der Waals surface area contributed by atoms with Crippen molar-refractivity contribution in [2.24, 2.45) is 11.5 Å². The summed E-state index contributed by atoms with van der Waals surface area (Å²) >= 11 is 3.35. The van der Waals surface area contributed by atoms with Crippen LogP contribution in [0.4, 0.5) is 52.7 Å². The second-order valence-corrected chi connectivity index (χ2v) is 10.4. The molecular formula is C30H23BBrF12N2O2. The Labute approximate surface area is 274 Å². The number of hydrogen-bond donors (Lipinski definition) is 3. The van der Waals surface area contributed by atoms with Crippen LogP contribution in [0.3, 0.4) is 0 Å². The quantitative estimate of drug-likeness (QED) is 0.140. The van der Waals surface area contributed by atoms with E-state index in [4.69, 9.17) is 16.5 Å². The minimum absolute atomic E-state index is 0.00432. The van der Waals surface area contributed by atoms with Gasteiger partial charge < -0.3 is 21.1 Å². The molecule has 4 rings (SSSR count). The molecule has 0 unspecified atom stereocenters. The Balaban J connectivity index is 0.000000272. The molecule has 5 N–H and O–H groups in total. The van der Waals surface area contributed by atoms with E-state index < -0.39 is 52.7 Å². The molecule has 0 spiro atoms. The van der Waals surface area contributed by atoms with E-state index in [1.54, 1.807) is 6.07 Å². The van der Waals surface area contributed by atoms with Gasteiger partial charge in [-0.2, -0.15) is 52.7 Å². The van der Waals surface area contributed by atoms with Crippen molar-refractivity contribution >= 4 is 23.6 Å². The van der Waals surface area contributed by atoms with Gasteiger partial charge in [-0.05, 0) is 76.9 Å². The smallest absolute Gasteiger partial charge is 0.537 e. The Hall–Kier alpha value is -3.74. The molecule has 0 fully saturated rings. The van der Waals surface area contributed by atoms with Gasteiger partial charge in [-0.3, -0.25) is 0 Å². The maximum atomic E-state index is 12.8. The predicted octanol–water partition coefficient (Wildman–Crippen LogP) is 9.39. The molecule has 4 nitrogen and oxygen atoms in total. The van der Waals surface area contributed by atoms with Crippen molar-refractivity contribution in [3.8, 4) is 16.9 Å². The highest BCUT2D eigenvalue weighted by Crippen LogP contribution is 2.40. The first-order valence-corrected chi connectivity index (χ1v) is 13.8. The van der Waals surface area contributed by atoms with Crippen LogP contribution in [0, 0.1) is 0 Å². The topological polar surface area (TPSA) is 81.5 Å². The highest BCUT2D eigenvalue weighted by molar-refractivity contribution is 9.10. The van der Waals surface area contributed by atoms with Crippen molar-refractivity contribution in [3.05, 3.63) is 123 Å². The number of nitrogens with two attached hydrogens (primary N) is 2. The van der Waals surface area contributed by atoms with Crippen LogP contribution in [0.1, 0.15) is 33.4 Å². The van der Waals surface area contributed by atoms with E-state index in [0.717, 1.165) is 10.0 Å². The van der Waals surface area contributed by atoms with Crippen LogP contribution in [-0.2, 0) is 37.8 Å². The Morgan fingerprint density at radius 2 is 0.938 bits per heavy atom. The molecule has 0 saturated carbocycles. The van der Waals surface area contributed by atoms with Crippen molar-refractivity contribution in [3.63, 3.8) is 0 Å². The summed E-state index contributed by atoms with van der Waals surface area (Å²) in [5.74, 6) is -0.755. The Morgan fingerprint density at radius 3 is 1.29 bits per heavy atom. The van der Waals surface area contributed by atoms with E-state index >= 15 is 0 Å². The van der Waals surface area contributed by atoms with Gasteiger partial charge in [-0.25, -0.2) is 0 Å². The van der Waals surface area contributed by atoms with Crippen LogP contribution in [0.15, 0.2) is 89.4 Å². The number of alkyl halides is 12. The molecule has 0 heterocycles. The summed E-state index contributed by atoms with van der Waals surface area (Å²) in [6.07, 6.45) is -19.6. The Morgan fingerprint density at radius 1 is 0.542 bits per heavy atom. The molecule has 0 amide bonds. The average molecular weight is 762 g/mol. The third kappa shape index (κ3) is 12.7. The number of halogens is 13. The van der Waals surface area contributed by atoms with Crippen LogP contribution >= 0.6 is 15.9 Å². The highest BCUT2D eigenvalue weighted by Gasteiger charge is 2.38. The fourth-order valence-electron chi connectivity index (χ4n) is 3.72. The first kappa shape index (κ1) is 40.4. The molecule has 0 aromatic heterocycles. The molecule has 4 aromatic rings. The zero-order chi connectivity index (χ0) is 36.5. The van der Waals surface area contributed by atoms with Gasteiger partial charge in [0.2, 0.25) is 0 Å². The fraction of sp³-hybridized carbons (Fsp3) is 0.200. The van der Waals surface area contributed by atoms with Crippen LogP contribution < -0.4 is 16.1 Å². The second kappa shape index (κ2) is 16.6. The van der Waals surface area contributed by atoms with Gasteiger partial charge in [0.05, 0.1) is 22.3 Å². The molecule has 0 aliphatic carbocycles. The molecule has 259 valence electrons. The minimum Gasteiger partial charge on any atom is -0.537 e. The van der Waals surface area contributed by atoms with E-state index in [9.17, 15) is 52.7 Å². The van der Waals surface area contributed by atoms with Crippen LogP contribution in [0.25, 0.3) is 11.1 Å². The zero-order valence-corrected chi connectivity index (χ0v) is 25.6. The SMILES string of the molecule is NCc1cccc(-c2cc(C(F)(F)F)cc(C(F)(F)F)c2)c1.NCc1cccc(Br)c1.O[B]Oc1cc(C(F)(F)F)cc(C(F)(F)F)c1. The standard InChI is InChI=1S/C15H11F6N.C8H4BF6O2.C7H8BrN/c16-14(17,18)12-5-11(6-13(7-12)15(19,20)21)10-3-1-2-9(4-10)8-22;10-7(11,12)4-1-5(8(13,14)15)3-6(2-4)17-9-16;8-7-3-1-2-6(4-7)5-9/h1-7H,8,22H2;1-3,16H;1-4H,5,9H2. The molecule has 0 atom stereocenters. The van der Waals surface area contributed by atoms with Crippen molar-refractivity contribution in [2.75, 3.05) is 0 Å². The van der Waals surface area contributed by atoms with Crippen molar-refractivity contribution in [1.82, 2.24) is 0 Å². The van der Waals surface area contributed by atoms with E-state index in [1.165, 1.54) is 18.2 Å². The molecular weight excluding hydrogens is 739 g/mol. The van der Waals surface area contributed by atoms with E-state index in [2.05, 4.69) is 20.6 Å². The lowest BCUT2D eigenvalue weighted by Crippen LogP contribution is -2.12. The summed E-state index contributed by atoms with van der Waals surface area (Å²) in [6, 6.07) is 16.2. The largest absolute Gasteiger partial charge is 0.569 e. The average Bonchev–Trinajstić information content (AvgIpc) is 3.00. The van der Waals surface area contributed by atoms with Gasteiger partial charge in [0.25, 0.3) is 0 Å². The summed E-state index contributed by atoms with van der Waals surface area (Å²) in [5, 5.41) is 8.20. The summed E-state index contributed by atoms with van der Waals surface area (Å²) in [6.45, 7) is 0.748. The molecule has 0 saturated heterocycles. The lowest BCUT2D eigenvalue weighted by Gasteiger charge is -2.14. The number of benzene rings is 4. The van der Waals surface area contributed by atoms with E-state index in [-0.39, 0.29) is 37.5 Å². The predicted molar refractivity (Wildman–Crippen MR) is 157 cm³/mol. The number of hydrogen-bond acceptors (Lipinski definition) is 4. The molecule has 48 heavy (non-hydrogen) atoms. The maximum absolute atomic E-state index is 12.8. The summed E-state index contributed by atoms with van der Waals surface area (Å²) in [5.41, 5.74) is 7.00. The van der Waals surface area contributed by atoms with Crippen LogP contribution in [0.5, 0.6) is 5.75 Å². The monoisotopic (exact) mass is 761 g/mol. The van der Waals surface area contributed by atoms with Crippen LogP contribution in [0.2, 0.25) is 0 Å². The van der Waals surface area contributed by atoms with Crippen LogP contribution in [-0.4, -0.2) is 12.7 Å². The van der Waals surface area contributed by atoms with E-state index in [0.29, 0.717) is 36.4 Å². The molecule has 0 bridgehead atoms. The highest BCUT2D eigenvalue weighted by atomic mass is 79.9. The van der Waals surface area contributed by atoms with Gasteiger partial charge in [-0.15, -0.1) is 0 Å². The Kier molecular flexibility index (Phi) is 14.0. The van der Waals surface area contributed by atoms with Gasteiger partial charge in [0.15, 0.2) is 0 Å². The lowest BCUT2D eigenvalue weighted by atomic mass is 9.98. The summed E-state index contributed by atoms with van der Waals surface area (Å²) in [7, 11) is -0.00432. The molecule has 0 aliphatic heterocycles. The van der Waals surface area contributed by atoms with Crippen molar-refractivity contribution < 1.29 is 62.4 Å². The molecule has 1 radical (unpaired) electrons. The first-order valence-electron chi connectivity index (χ1n) is 13.0. The van der Waals surface area contributed by atoms with Crippen molar-refractivity contribution in [1.29, 1.82) is 0 Å². The van der Waals surface area contributed by atoms with Crippen molar-refractivity contribution in [2.45, 2.75) is 37.8 Å². The second-order valence-electron chi connectivity index (χ2n) is 9.50. The van der Waals surface area contributed by atoms with Gasteiger partial charge >= 0.3 is 32.4 Å². The fourth-order valence-corrected chi connectivity index (χ4v) is 4.17. The van der Waals surface area contributed by atoms with E-state index in [1.807, 2.05) is 24.3 Å². The normalized spacial score (nSPS) is 11.9. The van der Waals surface area contributed by atoms with Gasteiger partial charge in [0.1, 0.15) is 5.75 Å². The first-order chi connectivity index (χ1) is 22.1. The summed E-state index contributed by atoms with van der Waals surface area (Å²) in [4.78, 5) is 0. The summed E-state index contributed by atoms with van der Waals surface area (Å²) < 4.78 is 156. The Bertz CT molecular complexity index is 1580. The third-order valence-electron chi connectivity index (χ3n) is 5.96. The van der Waals surface area contributed by atoms with Gasteiger partial charge in [0, 0.05) is 17.6 Å². The molecule has 4 aromatic carbocycles. The van der Waals surface area contributed by atoms with Gasteiger partial charge in [-0.1, -0.05) is 46.3 Å².